The molecule has 1 fully saturated rings. The summed E-state index contributed by atoms with van der Waals surface area (Å²) < 4.78 is 47.7. The molecule has 1 aliphatic rings. The first-order valence-corrected chi connectivity index (χ1v) is 19.2. The van der Waals surface area contributed by atoms with Crippen LogP contribution in [0, 0.1) is 0 Å². The predicted molar refractivity (Wildman–Crippen MR) is 161 cm³/mol. The summed E-state index contributed by atoms with van der Waals surface area (Å²) in [4.78, 5) is 1.66. The molecule has 3 aromatic rings. The van der Waals surface area contributed by atoms with Gasteiger partial charge in [0.25, 0.3) is 10.1 Å². The molecule has 13 heteroatoms. The Hall–Kier alpha value is -2.32. The minimum Gasteiger partial charge on any atom is -0.543 e. The van der Waals surface area contributed by atoms with Crippen molar-refractivity contribution in [2.24, 2.45) is 0 Å². The van der Waals surface area contributed by atoms with Gasteiger partial charge in [0.2, 0.25) is 8.32 Å². The number of benzene rings is 1. The third-order valence-electron chi connectivity index (χ3n) is 7.72. The number of hydrogen-bond donors (Lipinski definition) is 0. The highest BCUT2D eigenvalue weighted by Crippen LogP contribution is 2.39. The van der Waals surface area contributed by atoms with E-state index in [-0.39, 0.29) is 11.3 Å². The zero-order valence-electron chi connectivity index (χ0n) is 25.4. The van der Waals surface area contributed by atoms with Crippen LogP contribution in [0.25, 0.3) is 22.3 Å². The van der Waals surface area contributed by atoms with Crippen LogP contribution < -0.4 is 4.43 Å². The van der Waals surface area contributed by atoms with Crippen LogP contribution in [0.1, 0.15) is 66.0 Å². The maximum Gasteiger partial charge on any atom is 0.264 e. The number of aromatic nitrogens is 5. The van der Waals surface area contributed by atoms with E-state index < -0.39 is 24.5 Å². The summed E-state index contributed by atoms with van der Waals surface area (Å²) in [5.41, 5.74) is 2.45. The third-order valence-corrected chi connectivity index (χ3v) is 12.8. The van der Waals surface area contributed by atoms with Gasteiger partial charge in [0.15, 0.2) is 6.23 Å². The Kier molecular flexibility index (Phi) is 9.95. The summed E-state index contributed by atoms with van der Waals surface area (Å²) >= 11 is 0. The SMILES string of the molecule is C[C@H](CCOCCCn1ncc(-c2nn(C3CCCCO3)c3ccc(O[Si](C)(C)C(C)(C)C)cc23)n1)OS(C)(=O)=O. The molecule has 228 valence electrons. The highest BCUT2D eigenvalue weighted by atomic mass is 32.2. The Morgan fingerprint density at radius 2 is 1.95 bits per heavy atom. The molecule has 0 bridgehead atoms. The fourth-order valence-electron chi connectivity index (χ4n) is 4.48. The fourth-order valence-corrected chi connectivity index (χ4v) is 6.19. The van der Waals surface area contributed by atoms with Gasteiger partial charge in [0, 0.05) is 25.2 Å². The van der Waals surface area contributed by atoms with Crippen molar-refractivity contribution in [1.29, 1.82) is 0 Å². The van der Waals surface area contributed by atoms with Gasteiger partial charge in [-0.1, -0.05) is 20.8 Å². The second kappa shape index (κ2) is 12.9. The lowest BCUT2D eigenvalue weighted by Crippen LogP contribution is -2.43. The van der Waals surface area contributed by atoms with Crippen LogP contribution in [-0.2, 0) is 30.3 Å². The summed E-state index contributed by atoms with van der Waals surface area (Å²) in [6, 6.07) is 6.20. The van der Waals surface area contributed by atoms with Crippen molar-refractivity contribution < 1.29 is 26.5 Å². The van der Waals surface area contributed by atoms with Gasteiger partial charge >= 0.3 is 0 Å². The van der Waals surface area contributed by atoms with Crippen molar-refractivity contribution in [3.8, 4) is 17.1 Å². The first kappa shape index (κ1) is 31.6. The molecule has 4 rings (SSSR count). The molecule has 0 amide bonds. The summed E-state index contributed by atoms with van der Waals surface area (Å²) in [6.07, 6.45) is 6.59. The highest BCUT2D eigenvalue weighted by molar-refractivity contribution is 7.86. The Morgan fingerprint density at radius 3 is 2.63 bits per heavy atom. The van der Waals surface area contributed by atoms with E-state index in [1.165, 1.54) is 0 Å². The maximum absolute atomic E-state index is 11.2. The number of fused-ring (bicyclic) bond motifs is 1. The number of nitrogens with zero attached hydrogens (tertiary/aromatic N) is 5. The number of aryl methyl sites for hydroxylation is 1. The van der Waals surface area contributed by atoms with E-state index in [0.717, 1.165) is 54.5 Å². The zero-order chi connectivity index (χ0) is 29.8. The Bertz CT molecular complexity index is 1410. The van der Waals surface area contributed by atoms with Crippen LogP contribution in [0.5, 0.6) is 5.75 Å². The lowest BCUT2D eigenvalue weighted by molar-refractivity contribution is -0.0365. The molecule has 1 unspecified atom stereocenters. The minimum absolute atomic E-state index is 0.0828. The topological polar surface area (TPSA) is 120 Å². The minimum atomic E-state index is -3.46. The van der Waals surface area contributed by atoms with Crippen molar-refractivity contribution >= 4 is 29.3 Å². The molecular formula is C28H45N5O6SSi. The predicted octanol–water partition coefficient (Wildman–Crippen LogP) is 5.54. The van der Waals surface area contributed by atoms with Crippen molar-refractivity contribution in [2.75, 3.05) is 26.1 Å². The third kappa shape index (κ3) is 8.37. The quantitative estimate of drug-likeness (QED) is 0.140. The first-order valence-electron chi connectivity index (χ1n) is 14.4. The molecule has 0 aliphatic carbocycles. The van der Waals surface area contributed by atoms with Gasteiger partial charge in [-0.05, 0) is 75.4 Å². The fraction of sp³-hybridized carbons (Fsp3) is 0.679. The summed E-state index contributed by atoms with van der Waals surface area (Å²) in [6.45, 7) is 15.2. The number of ether oxygens (including phenoxy) is 2. The standard InChI is InChI=1S/C28H45N5O6SSi/c1-21(38-40(5,34)35)14-18-36-16-10-15-32-29-20-24(30-32)27-23-19-22(39-41(6,7)28(2,3)4)12-13-25(23)33(31-27)26-11-8-9-17-37-26/h12-13,19-21,26H,8-11,14-18H2,1-7H3/t21-,26?/m1/s1. The van der Waals surface area contributed by atoms with E-state index in [1.807, 2.05) is 10.7 Å². The molecular weight excluding hydrogens is 562 g/mol. The van der Waals surface area contributed by atoms with Crippen molar-refractivity contribution in [3.63, 3.8) is 0 Å². The first-order chi connectivity index (χ1) is 19.2. The van der Waals surface area contributed by atoms with Crippen LogP contribution in [0.3, 0.4) is 0 Å². The van der Waals surface area contributed by atoms with Crippen LogP contribution in [0.4, 0.5) is 0 Å². The smallest absolute Gasteiger partial charge is 0.264 e. The second-order valence-electron chi connectivity index (χ2n) is 12.3. The molecule has 0 spiro atoms. The average molecular weight is 608 g/mol. The van der Waals surface area contributed by atoms with E-state index in [0.29, 0.717) is 38.3 Å². The van der Waals surface area contributed by atoms with E-state index in [1.54, 1.807) is 17.9 Å². The molecule has 3 heterocycles. The van der Waals surface area contributed by atoms with Crippen LogP contribution in [0.2, 0.25) is 18.1 Å². The number of rotatable bonds is 13. The van der Waals surface area contributed by atoms with Gasteiger partial charge in [-0.25, -0.2) is 4.68 Å². The van der Waals surface area contributed by atoms with Gasteiger partial charge in [-0.3, -0.25) is 4.18 Å². The van der Waals surface area contributed by atoms with Crippen molar-refractivity contribution in [2.45, 2.75) is 96.8 Å². The number of hydrogen-bond acceptors (Lipinski definition) is 9. The Labute approximate surface area is 244 Å². The monoisotopic (exact) mass is 607 g/mol. The van der Waals surface area contributed by atoms with Gasteiger partial charge in [0.1, 0.15) is 17.1 Å². The van der Waals surface area contributed by atoms with Gasteiger partial charge in [0.05, 0.1) is 30.6 Å². The van der Waals surface area contributed by atoms with Gasteiger partial charge in [-0.15, -0.1) is 0 Å². The maximum atomic E-state index is 11.2. The van der Waals surface area contributed by atoms with Crippen LogP contribution >= 0.6 is 0 Å². The largest absolute Gasteiger partial charge is 0.543 e. The van der Waals surface area contributed by atoms with Crippen LogP contribution in [0.15, 0.2) is 24.4 Å². The van der Waals surface area contributed by atoms with Gasteiger partial charge < -0.3 is 13.9 Å². The molecule has 1 saturated heterocycles. The normalized spacial score (nSPS) is 17.7. The molecule has 1 aromatic carbocycles. The van der Waals surface area contributed by atoms with E-state index >= 15 is 0 Å². The molecule has 0 saturated carbocycles. The van der Waals surface area contributed by atoms with Crippen molar-refractivity contribution in [3.05, 3.63) is 24.4 Å². The lowest BCUT2D eigenvalue weighted by atomic mass is 10.1. The summed E-state index contributed by atoms with van der Waals surface area (Å²) in [5, 5.41) is 15.3. The van der Waals surface area contributed by atoms with E-state index in [2.05, 4.69) is 51.1 Å². The average Bonchev–Trinajstić information content (AvgIpc) is 3.49. The summed E-state index contributed by atoms with van der Waals surface area (Å²) in [5.74, 6) is 0.843. The highest BCUT2D eigenvalue weighted by Gasteiger charge is 2.39. The van der Waals surface area contributed by atoms with E-state index in [9.17, 15) is 8.42 Å². The molecule has 0 N–H and O–H groups in total. The van der Waals surface area contributed by atoms with Crippen LogP contribution in [-0.4, -0.2) is 73.7 Å². The molecule has 0 radical (unpaired) electrons. The Morgan fingerprint density at radius 1 is 1.17 bits per heavy atom. The second-order valence-corrected chi connectivity index (χ2v) is 18.7. The Balaban J connectivity index is 1.47. The molecule has 2 atom stereocenters. The van der Waals surface area contributed by atoms with Gasteiger partial charge in [-0.2, -0.15) is 28.5 Å². The molecule has 41 heavy (non-hydrogen) atoms. The summed E-state index contributed by atoms with van der Waals surface area (Å²) in [7, 11) is -5.48. The molecule has 2 aromatic heterocycles. The van der Waals surface area contributed by atoms with E-state index in [4.69, 9.17) is 28.3 Å². The lowest BCUT2D eigenvalue weighted by Gasteiger charge is -2.36. The molecule has 1 aliphatic heterocycles. The molecule has 11 nitrogen and oxygen atoms in total. The zero-order valence-corrected chi connectivity index (χ0v) is 27.2. The van der Waals surface area contributed by atoms with Crippen molar-refractivity contribution in [1.82, 2.24) is 24.8 Å².